The Morgan fingerprint density at radius 2 is 2.03 bits per heavy atom. The summed E-state index contributed by atoms with van der Waals surface area (Å²) < 4.78 is 5.90. The summed E-state index contributed by atoms with van der Waals surface area (Å²) in [6.45, 7) is 2.46. The van der Waals surface area contributed by atoms with Crippen molar-refractivity contribution >= 4 is 5.91 Å². The van der Waals surface area contributed by atoms with Crippen molar-refractivity contribution in [2.75, 3.05) is 19.7 Å². The van der Waals surface area contributed by atoms with Gasteiger partial charge in [-0.1, -0.05) is 30.3 Å². The van der Waals surface area contributed by atoms with E-state index in [4.69, 9.17) is 9.72 Å². The van der Waals surface area contributed by atoms with E-state index >= 15 is 0 Å². The van der Waals surface area contributed by atoms with E-state index in [0.29, 0.717) is 32.0 Å². The molecule has 2 aromatic heterocycles. The van der Waals surface area contributed by atoms with E-state index in [1.807, 2.05) is 53.6 Å². The normalized spacial score (nSPS) is 20.6. The average Bonchev–Trinajstić information content (AvgIpc) is 3.20. The van der Waals surface area contributed by atoms with Gasteiger partial charge in [-0.25, -0.2) is 9.97 Å². The molecule has 6 nitrogen and oxygen atoms in total. The fourth-order valence-electron chi connectivity index (χ4n) is 4.31. The van der Waals surface area contributed by atoms with E-state index in [9.17, 15) is 4.79 Å². The third-order valence-electron chi connectivity index (χ3n) is 5.83. The van der Waals surface area contributed by atoms with Gasteiger partial charge < -0.3 is 9.64 Å². The number of amides is 1. The molecule has 6 heteroatoms. The Morgan fingerprint density at radius 1 is 1.14 bits per heavy atom. The minimum Gasteiger partial charge on any atom is -0.376 e. The number of benzene rings is 1. The first kappa shape index (κ1) is 17.9. The van der Waals surface area contributed by atoms with Crippen molar-refractivity contribution in [3.05, 3.63) is 77.9 Å². The molecule has 0 N–H and O–H groups in total. The van der Waals surface area contributed by atoms with Crippen LogP contribution in [0.25, 0.3) is 11.4 Å². The Labute approximate surface area is 169 Å². The van der Waals surface area contributed by atoms with Gasteiger partial charge in [-0.05, 0) is 24.1 Å². The third-order valence-corrected chi connectivity index (χ3v) is 5.83. The number of likely N-dealkylation sites (tertiary alicyclic amines) is 1. The van der Waals surface area contributed by atoms with Gasteiger partial charge in [-0.2, -0.15) is 0 Å². The maximum Gasteiger partial charge on any atom is 0.227 e. The number of aromatic nitrogens is 3. The molecule has 1 atom stereocenters. The fraction of sp³-hybridized carbons (Fsp3) is 0.304. The minimum absolute atomic E-state index is 0.154. The van der Waals surface area contributed by atoms with Crippen LogP contribution in [0.15, 0.2) is 61.1 Å². The fourth-order valence-corrected chi connectivity index (χ4v) is 4.31. The number of hydrogen-bond donors (Lipinski definition) is 0. The van der Waals surface area contributed by atoms with Gasteiger partial charge in [0.05, 0.1) is 30.7 Å². The molecule has 2 aliphatic rings. The minimum atomic E-state index is -0.264. The van der Waals surface area contributed by atoms with Crippen LogP contribution in [0.5, 0.6) is 0 Å². The lowest BCUT2D eigenvalue weighted by atomic mass is 9.80. The van der Waals surface area contributed by atoms with Crippen LogP contribution in [0.4, 0.5) is 0 Å². The predicted octanol–water partition coefficient (Wildman–Crippen LogP) is 2.78. The van der Waals surface area contributed by atoms with Crippen LogP contribution in [-0.2, 0) is 28.0 Å². The van der Waals surface area contributed by atoms with Crippen molar-refractivity contribution in [2.24, 2.45) is 0 Å². The lowest BCUT2D eigenvalue weighted by Gasteiger charge is -2.34. The number of ether oxygens (including phenoxy) is 1. The van der Waals surface area contributed by atoms with Crippen molar-refractivity contribution in [3.8, 4) is 11.4 Å². The quantitative estimate of drug-likeness (QED) is 0.692. The largest absolute Gasteiger partial charge is 0.376 e. The van der Waals surface area contributed by atoms with Gasteiger partial charge in [0.2, 0.25) is 5.91 Å². The first-order chi connectivity index (χ1) is 14.2. The summed E-state index contributed by atoms with van der Waals surface area (Å²) in [5.74, 6) is 0.828. The molecular weight excluding hydrogens is 364 g/mol. The highest BCUT2D eigenvalue weighted by atomic mass is 16.5. The maximum atomic E-state index is 12.9. The van der Waals surface area contributed by atoms with E-state index in [1.54, 1.807) is 12.4 Å². The Morgan fingerprint density at radius 3 is 2.86 bits per heavy atom. The summed E-state index contributed by atoms with van der Waals surface area (Å²) in [6, 6.07) is 13.7. The molecule has 4 heterocycles. The van der Waals surface area contributed by atoms with Crippen molar-refractivity contribution in [1.82, 2.24) is 19.9 Å². The molecule has 0 radical (unpaired) electrons. The summed E-state index contributed by atoms with van der Waals surface area (Å²) in [6.07, 6.45) is 6.65. The molecule has 3 aromatic rings. The van der Waals surface area contributed by atoms with Gasteiger partial charge in [0.15, 0.2) is 5.82 Å². The van der Waals surface area contributed by atoms with E-state index in [2.05, 4.69) is 9.97 Å². The van der Waals surface area contributed by atoms with Crippen LogP contribution in [0, 0.1) is 0 Å². The van der Waals surface area contributed by atoms with E-state index in [1.165, 1.54) is 0 Å². The lowest BCUT2D eigenvalue weighted by molar-refractivity contribution is -0.129. The first-order valence-corrected chi connectivity index (χ1v) is 9.90. The van der Waals surface area contributed by atoms with Crippen molar-refractivity contribution in [2.45, 2.75) is 24.9 Å². The topological polar surface area (TPSA) is 68.2 Å². The highest BCUT2D eigenvalue weighted by Gasteiger charge is 2.46. The number of hydrogen-bond acceptors (Lipinski definition) is 5. The Balaban J connectivity index is 1.42. The summed E-state index contributed by atoms with van der Waals surface area (Å²) in [5, 5.41) is 0. The van der Waals surface area contributed by atoms with Gasteiger partial charge in [0.1, 0.15) is 0 Å². The van der Waals surface area contributed by atoms with E-state index in [-0.39, 0.29) is 11.3 Å². The van der Waals surface area contributed by atoms with E-state index < -0.39 is 0 Å². The van der Waals surface area contributed by atoms with Gasteiger partial charge >= 0.3 is 0 Å². The average molecular weight is 386 g/mol. The standard InChI is InChI=1S/C23H22N4O2/c28-20(11-17-5-2-1-3-6-17)27-10-8-23(15-27)16-29-14-19-13-25-22(26-21(19)23)18-7-4-9-24-12-18/h1-7,9,12-13H,8,10-11,14-16H2/t23-/m1/s1. The SMILES string of the molecule is O=C(Cc1ccccc1)N1CC[C@]2(COCc3cnc(-c4cccnc4)nc32)C1. The van der Waals surface area contributed by atoms with Crippen LogP contribution >= 0.6 is 0 Å². The zero-order valence-electron chi connectivity index (χ0n) is 16.1. The second-order valence-corrected chi connectivity index (χ2v) is 7.81. The molecule has 1 spiro atoms. The van der Waals surface area contributed by atoms with Crippen LogP contribution in [0.2, 0.25) is 0 Å². The maximum absolute atomic E-state index is 12.9. The highest BCUT2D eigenvalue weighted by molar-refractivity contribution is 5.79. The van der Waals surface area contributed by atoms with Crippen molar-refractivity contribution in [1.29, 1.82) is 0 Å². The van der Waals surface area contributed by atoms with Gasteiger partial charge in [0.25, 0.3) is 0 Å². The third kappa shape index (κ3) is 3.40. The number of carbonyl (C=O) groups is 1. The summed E-state index contributed by atoms with van der Waals surface area (Å²) in [7, 11) is 0. The van der Waals surface area contributed by atoms with E-state index in [0.717, 1.165) is 35.3 Å². The van der Waals surface area contributed by atoms with Crippen LogP contribution in [0.3, 0.4) is 0 Å². The Bertz CT molecular complexity index is 1030. The Kier molecular flexibility index (Phi) is 4.56. The second kappa shape index (κ2) is 7.37. The number of rotatable bonds is 3. The van der Waals surface area contributed by atoms with Crippen LogP contribution in [-0.4, -0.2) is 45.5 Å². The zero-order valence-corrected chi connectivity index (χ0v) is 16.1. The summed E-state index contributed by atoms with van der Waals surface area (Å²) >= 11 is 0. The first-order valence-electron chi connectivity index (χ1n) is 9.90. The molecule has 0 aliphatic carbocycles. The molecule has 29 heavy (non-hydrogen) atoms. The highest BCUT2D eigenvalue weighted by Crippen LogP contribution is 2.39. The smallest absolute Gasteiger partial charge is 0.227 e. The molecule has 2 aliphatic heterocycles. The monoisotopic (exact) mass is 386 g/mol. The van der Waals surface area contributed by atoms with Crippen molar-refractivity contribution in [3.63, 3.8) is 0 Å². The number of fused-ring (bicyclic) bond motifs is 2. The second-order valence-electron chi connectivity index (χ2n) is 7.81. The number of carbonyl (C=O) groups excluding carboxylic acids is 1. The summed E-state index contributed by atoms with van der Waals surface area (Å²) in [4.78, 5) is 28.5. The molecular formula is C23H22N4O2. The van der Waals surface area contributed by atoms with Gasteiger partial charge in [0, 0.05) is 42.8 Å². The molecule has 0 unspecified atom stereocenters. The van der Waals surface area contributed by atoms with Crippen LogP contribution < -0.4 is 0 Å². The van der Waals surface area contributed by atoms with Gasteiger partial charge in [-0.3, -0.25) is 9.78 Å². The molecule has 0 saturated carbocycles. The predicted molar refractivity (Wildman–Crippen MR) is 108 cm³/mol. The molecule has 5 rings (SSSR count). The lowest BCUT2D eigenvalue weighted by Crippen LogP contribution is -2.42. The zero-order chi connectivity index (χ0) is 19.7. The number of pyridine rings is 1. The molecule has 1 fully saturated rings. The van der Waals surface area contributed by atoms with Crippen LogP contribution in [0.1, 0.15) is 23.2 Å². The molecule has 1 saturated heterocycles. The van der Waals surface area contributed by atoms with Crippen molar-refractivity contribution < 1.29 is 9.53 Å². The van der Waals surface area contributed by atoms with Gasteiger partial charge in [-0.15, -0.1) is 0 Å². The molecule has 1 aromatic carbocycles. The Hall–Kier alpha value is -3.12. The molecule has 146 valence electrons. The number of nitrogens with zero attached hydrogens (tertiary/aromatic N) is 4. The molecule has 0 bridgehead atoms. The molecule has 1 amide bonds. The summed E-state index contributed by atoms with van der Waals surface area (Å²) in [5.41, 5.74) is 3.71.